The van der Waals surface area contributed by atoms with Gasteiger partial charge < -0.3 is 19.5 Å². The maximum absolute atomic E-state index is 13.2. The number of amides is 1. The Bertz CT molecular complexity index is 1110. The van der Waals surface area contributed by atoms with Gasteiger partial charge in [-0.2, -0.15) is 4.31 Å². The van der Waals surface area contributed by atoms with Crippen molar-refractivity contribution in [3.8, 4) is 11.5 Å². The molecule has 2 heterocycles. The highest BCUT2D eigenvalue weighted by atomic mass is 35.5. The van der Waals surface area contributed by atoms with Gasteiger partial charge in [-0.15, -0.1) is 0 Å². The number of morpholine rings is 1. The van der Waals surface area contributed by atoms with Crippen LogP contribution < -0.4 is 14.8 Å². The molecule has 2 atom stereocenters. The molecule has 0 aromatic heterocycles. The van der Waals surface area contributed by atoms with E-state index in [1.807, 2.05) is 13.8 Å². The van der Waals surface area contributed by atoms with Crippen LogP contribution in [0.1, 0.15) is 30.6 Å². The third-order valence-corrected chi connectivity index (χ3v) is 7.52. The Morgan fingerprint density at radius 3 is 2.44 bits per heavy atom. The number of hydrogen-bond donors (Lipinski definition) is 1. The zero-order chi connectivity index (χ0) is 22.9. The number of ether oxygens (including phenoxy) is 3. The molecule has 10 heteroatoms. The summed E-state index contributed by atoms with van der Waals surface area (Å²) in [7, 11) is -3.90. The predicted molar refractivity (Wildman–Crippen MR) is 120 cm³/mol. The van der Waals surface area contributed by atoms with Gasteiger partial charge in [-0.25, -0.2) is 8.42 Å². The Balaban J connectivity index is 1.57. The van der Waals surface area contributed by atoms with Crippen LogP contribution in [-0.4, -0.2) is 57.1 Å². The molecular weight excluding hydrogens is 456 g/mol. The molecule has 172 valence electrons. The molecule has 0 unspecified atom stereocenters. The molecular formula is C22H25ClN2O6S. The maximum Gasteiger partial charge on any atom is 0.255 e. The minimum atomic E-state index is -3.90. The van der Waals surface area contributed by atoms with Gasteiger partial charge in [0.1, 0.15) is 4.90 Å². The molecule has 2 aromatic carbocycles. The van der Waals surface area contributed by atoms with E-state index in [2.05, 4.69) is 5.32 Å². The van der Waals surface area contributed by atoms with Crippen molar-refractivity contribution in [1.29, 1.82) is 0 Å². The molecule has 1 saturated heterocycles. The minimum Gasteiger partial charge on any atom is -0.490 e. The summed E-state index contributed by atoms with van der Waals surface area (Å²) in [6.45, 7) is 5.17. The Kier molecular flexibility index (Phi) is 6.62. The number of carbonyl (C=O) groups is 1. The van der Waals surface area contributed by atoms with Crippen LogP contribution in [0.4, 0.5) is 5.69 Å². The number of anilines is 1. The molecule has 1 fully saturated rings. The third kappa shape index (κ3) is 4.85. The average Bonchev–Trinajstić information content (AvgIpc) is 2.98. The van der Waals surface area contributed by atoms with Gasteiger partial charge in [0, 0.05) is 36.8 Å². The van der Waals surface area contributed by atoms with E-state index in [0.29, 0.717) is 30.4 Å². The lowest BCUT2D eigenvalue weighted by Gasteiger charge is -2.34. The molecule has 0 bridgehead atoms. The van der Waals surface area contributed by atoms with Crippen LogP contribution in [0.5, 0.6) is 11.5 Å². The predicted octanol–water partition coefficient (Wildman–Crippen LogP) is 3.55. The van der Waals surface area contributed by atoms with E-state index in [1.54, 1.807) is 18.2 Å². The fourth-order valence-corrected chi connectivity index (χ4v) is 5.84. The first-order valence-electron chi connectivity index (χ1n) is 10.4. The average molecular weight is 481 g/mol. The second-order valence-electron chi connectivity index (χ2n) is 7.89. The lowest BCUT2D eigenvalue weighted by molar-refractivity contribution is -0.0440. The monoisotopic (exact) mass is 480 g/mol. The van der Waals surface area contributed by atoms with Crippen LogP contribution in [0.15, 0.2) is 41.3 Å². The normalized spacial score (nSPS) is 21.6. The zero-order valence-electron chi connectivity index (χ0n) is 17.8. The molecule has 0 spiro atoms. The summed E-state index contributed by atoms with van der Waals surface area (Å²) in [6, 6.07) is 9.34. The summed E-state index contributed by atoms with van der Waals surface area (Å²) in [5.74, 6) is 0.709. The second-order valence-corrected chi connectivity index (χ2v) is 10.2. The number of carbonyl (C=O) groups excluding carboxylic acids is 1. The summed E-state index contributed by atoms with van der Waals surface area (Å²) < 4.78 is 44.7. The molecule has 0 saturated carbocycles. The van der Waals surface area contributed by atoms with E-state index >= 15 is 0 Å². The van der Waals surface area contributed by atoms with Gasteiger partial charge in [0.05, 0.1) is 30.4 Å². The summed E-state index contributed by atoms with van der Waals surface area (Å²) in [5, 5.41) is 2.83. The van der Waals surface area contributed by atoms with E-state index in [4.69, 9.17) is 25.8 Å². The smallest absolute Gasteiger partial charge is 0.255 e. The number of nitrogens with one attached hydrogen (secondary N) is 1. The Morgan fingerprint density at radius 2 is 1.72 bits per heavy atom. The summed E-state index contributed by atoms with van der Waals surface area (Å²) in [6.07, 6.45) is 0.301. The third-order valence-electron chi connectivity index (χ3n) is 5.20. The standard InChI is InChI=1S/C22H25ClN2O6S/c1-14-12-25(13-15(2)31-14)32(27,28)21-10-16(4-6-18(21)23)22(26)24-17-5-7-19-20(11-17)30-9-3-8-29-19/h4-7,10-11,14-15H,3,8-9,12-13H2,1-2H3,(H,24,26)/t14-,15+. The molecule has 1 N–H and O–H groups in total. The van der Waals surface area contributed by atoms with E-state index < -0.39 is 15.9 Å². The number of halogens is 1. The number of rotatable bonds is 4. The van der Waals surface area contributed by atoms with Crippen molar-refractivity contribution in [2.45, 2.75) is 37.4 Å². The lowest BCUT2D eigenvalue weighted by Crippen LogP contribution is -2.48. The first kappa shape index (κ1) is 22.8. The molecule has 2 aliphatic heterocycles. The summed E-state index contributed by atoms with van der Waals surface area (Å²) in [5.41, 5.74) is 0.684. The summed E-state index contributed by atoms with van der Waals surface area (Å²) in [4.78, 5) is 12.8. The molecule has 2 aromatic rings. The van der Waals surface area contributed by atoms with Crippen LogP contribution in [-0.2, 0) is 14.8 Å². The SMILES string of the molecule is C[C@@H]1CN(S(=O)(=O)c2cc(C(=O)Nc3ccc4c(c3)OCCCO4)ccc2Cl)C[C@H](C)O1. The molecule has 0 radical (unpaired) electrons. The molecule has 1 amide bonds. The van der Waals surface area contributed by atoms with Gasteiger partial charge in [0.15, 0.2) is 11.5 Å². The molecule has 8 nitrogen and oxygen atoms in total. The van der Waals surface area contributed by atoms with Crippen molar-refractivity contribution >= 4 is 33.2 Å². The highest BCUT2D eigenvalue weighted by molar-refractivity contribution is 7.89. The number of benzene rings is 2. The van der Waals surface area contributed by atoms with Gasteiger partial charge in [0.25, 0.3) is 5.91 Å². The van der Waals surface area contributed by atoms with Gasteiger partial charge in [0.2, 0.25) is 10.0 Å². The zero-order valence-corrected chi connectivity index (χ0v) is 19.4. The van der Waals surface area contributed by atoms with Crippen molar-refractivity contribution < 1.29 is 27.4 Å². The van der Waals surface area contributed by atoms with Crippen molar-refractivity contribution in [2.24, 2.45) is 0 Å². The number of nitrogens with zero attached hydrogens (tertiary/aromatic N) is 1. The minimum absolute atomic E-state index is 0.0592. The van der Waals surface area contributed by atoms with Crippen LogP contribution in [0.3, 0.4) is 0 Å². The van der Waals surface area contributed by atoms with E-state index in [1.165, 1.54) is 22.5 Å². The van der Waals surface area contributed by atoms with Crippen molar-refractivity contribution in [2.75, 3.05) is 31.6 Å². The maximum atomic E-state index is 13.2. The van der Waals surface area contributed by atoms with Crippen LogP contribution in [0.25, 0.3) is 0 Å². The first-order valence-corrected chi connectivity index (χ1v) is 12.2. The Morgan fingerprint density at radius 1 is 1.03 bits per heavy atom. The lowest BCUT2D eigenvalue weighted by atomic mass is 10.2. The van der Waals surface area contributed by atoms with Crippen molar-refractivity contribution in [3.63, 3.8) is 0 Å². The number of hydrogen-bond acceptors (Lipinski definition) is 6. The fourth-order valence-electron chi connectivity index (χ4n) is 3.75. The first-order chi connectivity index (χ1) is 15.2. The topological polar surface area (TPSA) is 94.2 Å². The quantitative estimate of drug-likeness (QED) is 0.719. The van der Waals surface area contributed by atoms with E-state index in [-0.39, 0.29) is 40.8 Å². The van der Waals surface area contributed by atoms with Crippen LogP contribution >= 0.6 is 11.6 Å². The van der Waals surface area contributed by atoms with E-state index in [9.17, 15) is 13.2 Å². The Hall–Kier alpha value is -2.33. The number of sulfonamides is 1. The summed E-state index contributed by atoms with van der Waals surface area (Å²) >= 11 is 6.23. The highest BCUT2D eigenvalue weighted by Crippen LogP contribution is 2.33. The number of fused-ring (bicyclic) bond motifs is 1. The van der Waals surface area contributed by atoms with Gasteiger partial charge in [-0.05, 0) is 44.2 Å². The van der Waals surface area contributed by atoms with Gasteiger partial charge >= 0.3 is 0 Å². The van der Waals surface area contributed by atoms with Crippen LogP contribution in [0.2, 0.25) is 5.02 Å². The largest absolute Gasteiger partial charge is 0.490 e. The molecule has 0 aliphatic carbocycles. The van der Waals surface area contributed by atoms with Gasteiger partial charge in [-0.3, -0.25) is 4.79 Å². The fraction of sp³-hybridized carbons (Fsp3) is 0.409. The molecule has 4 rings (SSSR count). The van der Waals surface area contributed by atoms with Gasteiger partial charge in [-0.1, -0.05) is 11.6 Å². The van der Waals surface area contributed by atoms with Crippen molar-refractivity contribution in [1.82, 2.24) is 4.31 Å². The second kappa shape index (κ2) is 9.27. The van der Waals surface area contributed by atoms with E-state index in [0.717, 1.165) is 6.42 Å². The Labute approximate surface area is 192 Å². The van der Waals surface area contributed by atoms with Crippen LogP contribution in [0, 0.1) is 0 Å². The van der Waals surface area contributed by atoms with Crippen molar-refractivity contribution in [3.05, 3.63) is 47.0 Å². The molecule has 32 heavy (non-hydrogen) atoms. The molecule has 2 aliphatic rings. The highest BCUT2D eigenvalue weighted by Gasteiger charge is 2.34.